The molecule has 0 aliphatic rings. The summed E-state index contributed by atoms with van der Waals surface area (Å²) in [7, 11) is 1.70. The molecular weight excluding hydrogens is 384 g/mol. The van der Waals surface area contributed by atoms with Crippen molar-refractivity contribution in [2.45, 2.75) is 96.4 Å². The summed E-state index contributed by atoms with van der Waals surface area (Å²) in [6.45, 7) is 0.573. The quantitative estimate of drug-likeness (QED) is 0.295. The first-order valence-corrected chi connectivity index (χ1v) is 11.7. The van der Waals surface area contributed by atoms with Crippen LogP contribution in [-0.2, 0) is 16.1 Å². The summed E-state index contributed by atoms with van der Waals surface area (Å²) < 4.78 is 0. The normalized spacial score (nSPS) is 10.7. The number of hydrogen-bond acceptors (Lipinski definition) is 2. The Bertz CT molecular complexity index is 561. The van der Waals surface area contributed by atoms with E-state index in [4.69, 9.17) is 11.6 Å². The minimum Gasteiger partial charge on any atom is -0.359 e. The first-order chi connectivity index (χ1) is 14.1. The highest BCUT2D eigenvalue weighted by Gasteiger charge is 2.02. The average molecular weight is 423 g/mol. The van der Waals surface area contributed by atoms with E-state index in [-0.39, 0.29) is 11.8 Å². The Morgan fingerprint density at radius 3 is 1.55 bits per heavy atom. The maximum atomic E-state index is 11.9. The second-order valence-electron chi connectivity index (χ2n) is 7.82. The largest absolute Gasteiger partial charge is 0.359 e. The van der Waals surface area contributed by atoms with E-state index < -0.39 is 0 Å². The molecule has 0 radical (unpaired) electrons. The number of carbonyl (C=O) groups is 2. The van der Waals surface area contributed by atoms with Crippen LogP contribution < -0.4 is 10.6 Å². The highest BCUT2D eigenvalue weighted by atomic mass is 35.5. The maximum Gasteiger partial charge on any atom is 0.220 e. The smallest absolute Gasteiger partial charge is 0.220 e. The SMILES string of the molecule is CNC(=O)CCCCCCCCCCCCCCC(=O)NCc1ccc(Cl)cc1. The number of unbranched alkanes of at least 4 members (excludes halogenated alkanes) is 11. The lowest BCUT2D eigenvalue weighted by molar-refractivity contribution is -0.121. The summed E-state index contributed by atoms with van der Waals surface area (Å²) in [5, 5.41) is 6.35. The minimum absolute atomic E-state index is 0.135. The van der Waals surface area contributed by atoms with Crippen LogP contribution in [0.4, 0.5) is 0 Å². The molecule has 0 saturated heterocycles. The minimum atomic E-state index is 0.135. The molecule has 0 unspecified atom stereocenters. The van der Waals surface area contributed by atoms with Crippen molar-refractivity contribution in [1.82, 2.24) is 10.6 Å². The molecule has 2 N–H and O–H groups in total. The van der Waals surface area contributed by atoms with Gasteiger partial charge in [-0.05, 0) is 30.5 Å². The van der Waals surface area contributed by atoms with Gasteiger partial charge in [0.1, 0.15) is 0 Å². The van der Waals surface area contributed by atoms with Crippen LogP contribution in [0.3, 0.4) is 0 Å². The molecule has 4 nitrogen and oxygen atoms in total. The summed E-state index contributed by atoms with van der Waals surface area (Å²) in [5.74, 6) is 0.291. The number of hydrogen-bond donors (Lipinski definition) is 2. The monoisotopic (exact) mass is 422 g/mol. The second kappa shape index (κ2) is 17.3. The number of benzene rings is 1. The van der Waals surface area contributed by atoms with E-state index >= 15 is 0 Å². The predicted octanol–water partition coefficient (Wildman–Crippen LogP) is 6.16. The van der Waals surface area contributed by atoms with Crippen LogP contribution in [-0.4, -0.2) is 18.9 Å². The van der Waals surface area contributed by atoms with E-state index in [1.807, 2.05) is 24.3 Å². The molecule has 0 atom stereocenters. The Labute approximate surface area is 182 Å². The van der Waals surface area contributed by atoms with Gasteiger partial charge in [-0.15, -0.1) is 0 Å². The topological polar surface area (TPSA) is 58.2 Å². The van der Waals surface area contributed by atoms with Gasteiger partial charge in [0.15, 0.2) is 0 Å². The Hall–Kier alpha value is -1.55. The molecule has 164 valence electrons. The molecule has 0 heterocycles. The van der Waals surface area contributed by atoms with Crippen molar-refractivity contribution in [2.24, 2.45) is 0 Å². The lowest BCUT2D eigenvalue weighted by Gasteiger charge is -2.06. The summed E-state index contributed by atoms with van der Waals surface area (Å²) in [5.41, 5.74) is 1.08. The van der Waals surface area contributed by atoms with E-state index in [0.29, 0.717) is 19.4 Å². The third kappa shape index (κ3) is 15.0. The number of carbonyl (C=O) groups excluding carboxylic acids is 2. The lowest BCUT2D eigenvalue weighted by Crippen LogP contribution is -2.22. The fraction of sp³-hybridized carbons (Fsp3) is 0.667. The van der Waals surface area contributed by atoms with E-state index in [2.05, 4.69) is 10.6 Å². The van der Waals surface area contributed by atoms with Crippen LogP contribution >= 0.6 is 11.6 Å². The third-order valence-corrected chi connectivity index (χ3v) is 5.49. The molecule has 0 saturated carbocycles. The van der Waals surface area contributed by atoms with Crippen molar-refractivity contribution in [2.75, 3.05) is 7.05 Å². The fourth-order valence-corrected chi connectivity index (χ4v) is 3.48. The van der Waals surface area contributed by atoms with Gasteiger partial charge in [-0.25, -0.2) is 0 Å². The van der Waals surface area contributed by atoms with E-state index in [1.54, 1.807) is 7.05 Å². The van der Waals surface area contributed by atoms with Crippen molar-refractivity contribution in [1.29, 1.82) is 0 Å². The zero-order valence-electron chi connectivity index (χ0n) is 18.1. The molecule has 0 aromatic heterocycles. The van der Waals surface area contributed by atoms with E-state index in [9.17, 15) is 9.59 Å². The summed E-state index contributed by atoms with van der Waals surface area (Å²) in [6.07, 6.45) is 15.9. The Morgan fingerprint density at radius 2 is 1.10 bits per heavy atom. The van der Waals surface area contributed by atoms with Gasteiger partial charge < -0.3 is 10.6 Å². The Kier molecular flexibility index (Phi) is 15.2. The van der Waals surface area contributed by atoms with E-state index in [0.717, 1.165) is 29.8 Å². The molecule has 2 amide bonds. The van der Waals surface area contributed by atoms with Gasteiger partial charge in [0.05, 0.1) is 0 Å². The number of rotatable bonds is 17. The third-order valence-electron chi connectivity index (χ3n) is 5.24. The highest BCUT2D eigenvalue weighted by molar-refractivity contribution is 6.30. The fourth-order valence-electron chi connectivity index (χ4n) is 3.36. The lowest BCUT2D eigenvalue weighted by atomic mass is 10.0. The van der Waals surface area contributed by atoms with E-state index in [1.165, 1.54) is 57.8 Å². The Morgan fingerprint density at radius 1 is 0.690 bits per heavy atom. The van der Waals surface area contributed by atoms with Gasteiger partial charge in [-0.3, -0.25) is 9.59 Å². The summed E-state index contributed by atoms with van der Waals surface area (Å²) in [4.78, 5) is 23.0. The van der Waals surface area contributed by atoms with Gasteiger partial charge >= 0.3 is 0 Å². The second-order valence-corrected chi connectivity index (χ2v) is 8.26. The molecule has 0 fully saturated rings. The van der Waals surface area contributed by atoms with Crippen LogP contribution in [0.5, 0.6) is 0 Å². The van der Waals surface area contributed by atoms with Crippen LogP contribution in [0.2, 0.25) is 5.02 Å². The van der Waals surface area contributed by atoms with Crippen LogP contribution in [0.25, 0.3) is 0 Å². The van der Waals surface area contributed by atoms with Gasteiger partial charge in [0.25, 0.3) is 0 Å². The highest BCUT2D eigenvalue weighted by Crippen LogP contribution is 2.13. The van der Waals surface area contributed by atoms with Crippen LogP contribution in [0.15, 0.2) is 24.3 Å². The van der Waals surface area contributed by atoms with Gasteiger partial charge in [0, 0.05) is 31.5 Å². The molecular formula is C24H39ClN2O2. The zero-order valence-corrected chi connectivity index (χ0v) is 18.9. The number of nitrogens with one attached hydrogen (secondary N) is 2. The van der Waals surface area contributed by atoms with Crippen molar-refractivity contribution >= 4 is 23.4 Å². The maximum absolute atomic E-state index is 11.9. The number of halogens is 1. The Balaban J connectivity index is 1.81. The molecule has 0 spiro atoms. The summed E-state index contributed by atoms with van der Waals surface area (Å²) >= 11 is 5.86. The average Bonchev–Trinajstić information content (AvgIpc) is 2.73. The van der Waals surface area contributed by atoms with Crippen molar-refractivity contribution < 1.29 is 9.59 Å². The van der Waals surface area contributed by atoms with Crippen molar-refractivity contribution in [3.05, 3.63) is 34.9 Å². The first-order valence-electron chi connectivity index (χ1n) is 11.3. The molecule has 5 heteroatoms. The van der Waals surface area contributed by atoms with Crippen LogP contribution in [0.1, 0.15) is 95.5 Å². The van der Waals surface area contributed by atoms with Gasteiger partial charge in [0.2, 0.25) is 11.8 Å². The molecule has 1 aromatic rings. The first kappa shape index (κ1) is 25.5. The van der Waals surface area contributed by atoms with Gasteiger partial charge in [-0.1, -0.05) is 87.9 Å². The molecule has 29 heavy (non-hydrogen) atoms. The van der Waals surface area contributed by atoms with Crippen molar-refractivity contribution in [3.63, 3.8) is 0 Å². The van der Waals surface area contributed by atoms with Crippen LogP contribution in [0, 0.1) is 0 Å². The molecule has 0 bridgehead atoms. The predicted molar refractivity (Wildman–Crippen MR) is 122 cm³/mol. The van der Waals surface area contributed by atoms with Gasteiger partial charge in [-0.2, -0.15) is 0 Å². The molecule has 0 aliphatic heterocycles. The van der Waals surface area contributed by atoms with Crippen molar-refractivity contribution in [3.8, 4) is 0 Å². The molecule has 1 aromatic carbocycles. The molecule has 1 rings (SSSR count). The standard InChI is InChI=1S/C24H39ClN2O2/c1-26-23(28)14-12-10-8-6-4-2-3-5-7-9-11-13-15-24(29)27-20-21-16-18-22(25)19-17-21/h16-19H,2-15,20H2,1H3,(H,26,28)(H,27,29). The zero-order chi connectivity index (χ0) is 21.2. The summed E-state index contributed by atoms with van der Waals surface area (Å²) in [6, 6.07) is 7.57. The number of amides is 2. The molecule has 0 aliphatic carbocycles.